The van der Waals surface area contributed by atoms with Crippen LogP contribution in [0.5, 0.6) is 0 Å². The van der Waals surface area contributed by atoms with Crippen LogP contribution in [0.3, 0.4) is 0 Å². The number of para-hydroxylation sites is 1. The molecule has 124 valence electrons. The Morgan fingerprint density at radius 1 is 1.43 bits per heavy atom. The van der Waals surface area contributed by atoms with E-state index >= 15 is 0 Å². The highest BCUT2D eigenvalue weighted by Crippen LogP contribution is 2.45. The highest BCUT2D eigenvalue weighted by atomic mass is 16.6. The van der Waals surface area contributed by atoms with Crippen LogP contribution in [0.15, 0.2) is 24.3 Å². The third-order valence-corrected chi connectivity index (χ3v) is 5.41. The Morgan fingerprint density at radius 2 is 2.22 bits per heavy atom. The van der Waals surface area contributed by atoms with Gasteiger partial charge < -0.3 is 10.2 Å². The topological polar surface area (TPSA) is 75.5 Å². The second-order valence-electron chi connectivity index (χ2n) is 6.78. The third-order valence-electron chi connectivity index (χ3n) is 5.41. The fourth-order valence-electron chi connectivity index (χ4n) is 4.20. The third kappa shape index (κ3) is 2.83. The zero-order valence-electron chi connectivity index (χ0n) is 13.5. The van der Waals surface area contributed by atoms with Gasteiger partial charge in [0.25, 0.3) is 5.69 Å². The summed E-state index contributed by atoms with van der Waals surface area (Å²) < 4.78 is 0. The van der Waals surface area contributed by atoms with E-state index in [1.165, 1.54) is 12.5 Å². The Kier molecular flexibility index (Phi) is 4.35. The van der Waals surface area contributed by atoms with Crippen molar-refractivity contribution in [1.82, 2.24) is 10.2 Å². The van der Waals surface area contributed by atoms with Crippen molar-refractivity contribution in [1.29, 1.82) is 0 Å². The lowest BCUT2D eigenvalue weighted by Crippen LogP contribution is -2.48. The maximum absolute atomic E-state index is 13.1. The molecule has 1 aromatic rings. The van der Waals surface area contributed by atoms with Gasteiger partial charge in [0.2, 0.25) is 5.91 Å². The van der Waals surface area contributed by atoms with Gasteiger partial charge in [0.15, 0.2) is 0 Å². The van der Waals surface area contributed by atoms with Crippen molar-refractivity contribution < 1.29 is 9.72 Å². The number of fused-ring (bicyclic) bond motifs is 1. The van der Waals surface area contributed by atoms with Crippen LogP contribution in [-0.4, -0.2) is 35.9 Å². The zero-order valence-corrected chi connectivity index (χ0v) is 13.5. The van der Waals surface area contributed by atoms with E-state index in [0.717, 1.165) is 32.4 Å². The number of carbonyl (C=O) groups is 1. The van der Waals surface area contributed by atoms with Crippen LogP contribution in [0.25, 0.3) is 0 Å². The highest BCUT2D eigenvalue weighted by Gasteiger charge is 2.50. The van der Waals surface area contributed by atoms with Gasteiger partial charge in [0.1, 0.15) is 0 Å². The van der Waals surface area contributed by atoms with Gasteiger partial charge >= 0.3 is 0 Å². The standard InChI is InChI=1S/C17H23N3O3/c1-19(11-13-6-2-3-8-15(13)20(22)23)16(21)17-9-5-4-7-14(17)10-18-12-17/h2-3,6,8,14,18H,4-5,7,9-12H2,1H3/t14-,17+/m0/s1. The van der Waals surface area contributed by atoms with E-state index in [4.69, 9.17) is 0 Å². The number of nitro groups is 1. The molecule has 0 aromatic heterocycles. The van der Waals surface area contributed by atoms with E-state index in [9.17, 15) is 14.9 Å². The van der Waals surface area contributed by atoms with Gasteiger partial charge in [-0.1, -0.05) is 31.0 Å². The van der Waals surface area contributed by atoms with Crippen molar-refractivity contribution in [3.8, 4) is 0 Å². The van der Waals surface area contributed by atoms with Crippen LogP contribution < -0.4 is 5.32 Å². The lowest BCUT2D eigenvalue weighted by Gasteiger charge is -2.39. The molecule has 1 aromatic carbocycles. The molecule has 23 heavy (non-hydrogen) atoms. The maximum atomic E-state index is 13.1. The molecule has 0 bridgehead atoms. The molecule has 1 heterocycles. The Balaban J connectivity index is 1.79. The summed E-state index contributed by atoms with van der Waals surface area (Å²) in [5, 5.41) is 14.5. The van der Waals surface area contributed by atoms with Gasteiger partial charge in [0, 0.05) is 25.2 Å². The summed E-state index contributed by atoms with van der Waals surface area (Å²) in [5.41, 5.74) is 0.355. The molecule has 1 amide bonds. The van der Waals surface area contributed by atoms with Crippen molar-refractivity contribution in [3.05, 3.63) is 39.9 Å². The molecular weight excluding hydrogens is 294 g/mol. The van der Waals surface area contributed by atoms with Gasteiger partial charge in [-0.15, -0.1) is 0 Å². The quantitative estimate of drug-likeness (QED) is 0.683. The minimum absolute atomic E-state index is 0.0781. The van der Waals surface area contributed by atoms with Crippen LogP contribution in [-0.2, 0) is 11.3 Å². The molecular formula is C17H23N3O3. The molecule has 2 fully saturated rings. The molecule has 0 spiro atoms. The second kappa shape index (κ2) is 6.28. The SMILES string of the molecule is CN(Cc1ccccc1[N+](=O)[O-])C(=O)[C@@]12CCCC[C@H]1CNC2. The molecule has 0 unspecified atom stereocenters. The van der Waals surface area contributed by atoms with Crippen LogP contribution >= 0.6 is 0 Å². The van der Waals surface area contributed by atoms with E-state index < -0.39 is 0 Å². The van der Waals surface area contributed by atoms with Crippen LogP contribution in [0.2, 0.25) is 0 Å². The summed E-state index contributed by atoms with van der Waals surface area (Å²) in [7, 11) is 1.76. The van der Waals surface area contributed by atoms with Crippen molar-refractivity contribution >= 4 is 11.6 Å². The zero-order chi connectivity index (χ0) is 16.4. The molecule has 1 aliphatic carbocycles. The maximum Gasteiger partial charge on any atom is 0.274 e. The number of hydrogen-bond donors (Lipinski definition) is 1. The summed E-state index contributed by atoms with van der Waals surface area (Å²) >= 11 is 0. The fraction of sp³-hybridized carbons (Fsp3) is 0.588. The van der Waals surface area contributed by atoms with Gasteiger partial charge in [-0.3, -0.25) is 14.9 Å². The smallest absolute Gasteiger partial charge is 0.274 e. The van der Waals surface area contributed by atoms with E-state index in [1.54, 1.807) is 30.1 Å². The monoisotopic (exact) mass is 317 g/mol. The van der Waals surface area contributed by atoms with Crippen molar-refractivity contribution in [2.75, 3.05) is 20.1 Å². The first-order chi connectivity index (χ1) is 11.0. The summed E-state index contributed by atoms with van der Waals surface area (Å²) in [6, 6.07) is 6.65. The van der Waals surface area contributed by atoms with E-state index in [1.807, 2.05) is 0 Å². The number of benzene rings is 1. The second-order valence-corrected chi connectivity index (χ2v) is 6.78. The normalized spacial score (nSPS) is 26.6. The number of nitrogens with zero attached hydrogens (tertiary/aromatic N) is 2. The van der Waals surface area contributed by atoms with Crippen molar-refractivity contribution in [3.63, 3.8) is 0 Å². The van der Waals surface area contributed by atoms with Crippen LogP contribution in [0.4, 0.5) is 5.69 Å². The number of nitro benzene ring substituents is 1. The number of carbonyl (C=O) groups excluding carboxylic acids is 1. The lowest BCUT2D eigenvalue weighted by atomic mass is 9.67. The minimum Gasteiger partial charge on any atom is -0.341 e. The molecule has 6 nitrogen and oxygen atoms in total. The first-order valence-electron chi connectivity index (χ1n) is 8.23. The minimum atomic E-state index is -0.382. The number of amides is 1. The van der Waals surface area contributed by atoms with Gasteiger partial charge in [-0.2, -0.15) is 0 Å². The molecule has 0 radical (unpaired) electrons. The van der Waals surface area contributed by atoms with Gasteiger partial charge in [0.05, 0.1) is 16.9 Å². The summed E-state index contributed by atoms with van der Waals surface area (Å²) in [5.74, 6) is 0.530. The van der Waals surface area contributed by atoms with Gasteiger partial charge in [-0.05, 0) is 25.3 Å². The lowest BCUT2D eigenvalue weighted by molar-refractivity contribution is -0.385. The Bertz CT molecular complexity index is 619. The Morgan fingerprint density at radius 3 is 3.00 bits per heavy atom. The number of rotatable bonds is 4. The molecule has 3 rings (SSSR count). The highest BCUT2D eigenvalue weighted by molar-refractivity contribution is 5.84. The van der Waals surface area contributed by atoms with Crippen molar-refractivity contribution in [2.24, 2.45) is 11.3 Å². The predicted octanol–water partition coefficient (Wildman–Crippen LogP) is 2.33. The molecule has 1 aliphatic heterocycles. The van der Waals surface area contributed by atoms with Gasteiger partial charge in [-0.25, -0.2) is 0 Å². The largest absolute Gasteiger partial charge is 0.341 e. The van der Waals surface area contributed by atoms with E-state index in [-0.39, 0.29) is 28.5 Å². The molecule has 1 saturated heterocycles. The summed E-state index contributed by atoms with van der Waals surface area (Å²) in [4.78, 5) is 25.5. The molecule has 1 saturated carbocycles. The fourth-order valence-corrected chi connectivity index (χ4v) is 4.20. The Hall–Kier alpha value is -1.95. The summed E-state index contributed by atoms with van der Waals surface area (Å²) in [6.45, 7) is 1.92. The Labute approximate surface area is 136 Å². The average Bonchev–Trinajstić information content (AvgIpc) is 2.99. The number of hydrogen-bond acceptors (Lipinski definition) is 4. The van der Waals surface area contributed by atoms with E-state index in [2.05, 4.69) is 5.32 Å². The molecule has 1 N–H and O–H groups in total. The first kappa shape index (κ1) is 15.9. The molecule has 2 atom stereocenters. The number of nitrogens with one attached hydrogen (secondary N) is 1. The summed E-state index contributed by atoms with van der Waals surface area (Å²) in [6.07, 6.45) is 4.29. The van der Waals surface area contributed by atoms with Crippen molar-refractivity contribution in [2.45, 2.75) is 32.2 Å². The van der Waals surface area contributed by atoms with Crippen LogP contribution in [0.1, 0.15) is 31.2 Å². The first-order valence-corrected chi connectivity index (χ1v) is 8.23. The van der Waals surface area contributed by atoms with E-state index in [0.29, 0.717) is 11.5 Å². The molecule has 6 heteroatoms. The average molecular weight is 317 g/mol. The predicted molar refractivity (Wildman–Crippen MR) is 86.8 cm³/mol. The molecule has 2 aliphatic rings. The van der Waals surface area contributed by atoms with Crippen LogP contribution in [0, 0.1) is 21.4 Å².